The minimum absolute atomic E-state index is 0.0111. The van der Waals surface area contributed by atoms with E-state index in [-0.39, 0.29) is 50.8 Å². The van der Waals surface area contributed by atoms with Crippen LogP contribution in [-0.4, -0.2) is 33.6 Å². The number of allylic oxidation sites excluding steroid dienone is 2. The van der Waals surface area contributed by atoms with Gasteiger partial charge in [-0.25, -0.2) is 0 Å². The minimum atomic E-state index is -0.796. The van der Waals surface area contributed by atoms with Crippen LogP contribution in [0.5, 0.6) is 0 Å². The van der Waals surface area contributed by atoms with E-state index in [0.29, 0.717) is 11.8 Å². The molecule has 5 aliphatic carbocycles. The Morgan fingerprint density at radius 1 is 0.833 bits per heavy atom. The van der Waals surface area contributed by atoms with Gasteiger partial charge in [-0.1, -0.05) is 53.2 Å². The summed E-state index contributed by atoms with van der Waals surface area (Å²) in [6.07, 6.45) is 12.3. The molecule has 4 fully saturated rings. The van der Waals surface area contributed by atoms with Gasteiger partial charge in [0.25, 0.3) is 0 Å². The highest BCUT2D eigenvalue weighted by Gasteiger charge is 2.69. The van der Waals surface area contributed by atoms with Gasteiger partial charge in [0.15, 0.2) is 0 Å². The summed E-state index contributed by atoms with van der Waals surface area (Å²) >= 11 is 0. The maximum atomic E-state index is 12.0. The number of hydrogen-bond acceptors (Lipinski definition) is 3. The Morgan fingerprint density at radius 2 is 1.50 bits per heavy atom. The second-order valence-corrected chi connectivity index (χ2v) is 16.9. The lowest BCUT2D eigenvalue weighted by molar-refractivity contribution is -0.258. The molecular formula is C33H56O3. The summed E-state index contributed by atoms with van der Waals surface area (Å²) in [6.45, 7) is 23.3. The molecule has 3 unspecified atom stereocenters. The second-order valence-electron chi connectivity index (χ2n) is 16.9. The highest BCUT2D eigenvalue weighted by molar-refractivity contribution is 5.34. The maximum absolute atomic E-state index is 12.0. The van der Waals surface area contributed by atoms with Gasteiger partial charge in [-0.05, 0) is 125 Å². The van der Waals surface area contributed by atoms with Crippen molar-refractivity contribution in [2.24, 2.45) is 44.8 Å². The van der Waals surface area contributed by atoms with Crippen molar-refractivity contribution in [1.29, 1.82) is 0 Å². The van der Waals surface area contributed by atoms with E-state index in [1.165, 1.54) is 19.3 Å². The van der Waals surface area contributed by atoms with Gasteiger partial charge in [0, 0.05) is 5.41 Å². The molecule has 0 aliphatic heterocycles. The molecule has 3 heteroatoms. The van der Waals surface area contributed by atoms with Gasteiger partial charge in [-0.15, -0.1) is 0 Å². The Labute approximate surface area is 221 Å². The molecule has 0 spiro atoms. The molecule has 0 saturated heterocycles. The van der Waals surface area contributed by atoms with Crippen molar-refractivity contribution in [3.8, 4) is 0 Å². The highest BCUT2D eigenvalue weighted by atomic mass is 16.5. The first-order valence-corrected chi connectivity index (χ1v) is 15.1. The lowest BCUT2D eigenvalue weighted by Gasteiger charge is -2.71. The molecule has 0 aromatic carbocycles. The number of hydrogen-bond donors (Lipinski definition) is 2. The quantitative estimate of drug-likeness (QED) is 0.363. The predicted molar refractivity (Wildman–Crippen MR) is 148 cm³/mol. The first kappa shape index (κ1) is 27.2. The third-order valence-electron chi connectivity index (χ3n) is 13.2. The lowest BCUT2D eigenvalue weighted by atomic mass is 9.34. The van der Waals surface area contributed by atoms with Crippen LogP contribution in [0, 0.1) is 44.8 Å². The van der Waals surface area contributed by atoms with Crippen LogP contribution in [0.15, 0.2) is 11.6 Å². The lowest BCUT2D eigenvalue weighted by Crippen LogP contribution is -2.67. The van der Waals surface area contributed by atoms with Gasteiger partial charge in [0.2, 0.25) is 0 Å². The molecule has 4 saturated carbocycles. The van der Waals surface area contributed by atoms with E-state index in [9.17, 15) is 10.2 Å². The Balaban J connectivity index is 1.52. The van der Waals surface area contributed by atoms with Crippen LogP contribution in [0.25, 0.3) is 0 Å². The molecule has 0 heterocycles. The molecule has 5 aliphatic rings. The van der Waals surface area contributed by atoms with Crippen LogP contribution in [0.4, 0.5) is 0 Å². The SMILES string of the molecule is CC1(C)CC2C3=CCC4[C@@]5(C)CC[C@H](OC(C)(C)C)[C@](C)(O)C5CC[C@@]4(C)[C@]3(C)CC[C@@]2(C)[C@H](O)C1. The molecule has 0 radical (unpaired) electrons. The maximum Gasteiger partial charge on any atom is 0.0913 e. The van der Waals surface area contributed by atoms with Crippen LogP contribution in [0.3, 0.4) is 0 Å². The smallest absolute Gasteiger partial charge is 0.0913 e. The molecule has 0 amide bonds. The number of aliphatic hydroxyl groups excluding tert-OH is 1. The fourth-order valence-electron chi connectivity index (χ4n) is 10.9. The van der Waals surface area contributed by atoms with E-state index in [1.54, 1.807) is 5.57 Å². The van der Waals surface area contributed by atoms with E-state index in [2.05, 4.69) is 75.3 Å². The van der Waals surface area contributed by atoms with Gasteiger partial charge in [-0.2, -0.15) is 0 Å². The normalized spacial score (nSPS) is 54.4. The number of fused-ring (bicyclic) bond motifs is 7. The number of aliphatic hydroxyl groups is 2. The molecule has 0 aromatic heterocycles. The molecule has 36 heavy (non-hydrogen) atoms. The topological polar surface area (TPSA) is 49.7 Å². The number of ether oxygens (including phenoxy) is 1. The van der Waals surface area contributed by atoms with E-state index in [4.69, 9.17) is 4.74 Å². The monoisotopic (exact) mass is 500 g/mol. The zero-order valence-electron chi connectivity index (χ0n) is 25.1. The molecule has 10 atom stereocenters. The van der Waals surface area contributed by atoms with Crippen molar-refractivity contribution in [1.82, 2.24) is 0 Å². The fraction of sp³-hybridized carbons (Fsp3) is 0.939. The standard InChI is InChI=1S/C33H56O3/c1-27(2,3)36-26-14-15-30(7)23-12-11-21-22-19-28(4,5)20-25(34)29(22,6)17-18-31(21,8)32(23,9)16-13-24(30)33(26,10)35/h11,22-26,34-35H,12-20H2,1-10H3/t22?,23?,24?,25-,26+,29-,30-,31-,32-,33-/m1/s1. The van der Waals surface area contributed by atoms with Crippen molar-refractivity contribution in [2.75, 3.05) is 0 Å². The summed E-state index contributed by atoms with van der Waals surface area (Å²) in [5, 5.41) is 23.4. The molecular weight excluding hydrogens is 444 g/mol. The van der Waals surface area contributed by atoms with Crippen LogP contribution in [0.1, 0.15) is 127 Å². The summed E-state index contributed by atoms with van der Waals surface area (Å²) in [5.74, 6) is 1.33. The van der Waals surface area contributed by atoms with Crippen molar-refractivity contribution >= 4 is 0 Å². The summed E-state index contributed by atoms with van der Waals surface area (Å²) in [5.41, 5.74) is 1.36. The van der Waals surface area contributed by atoms with Crippen LogP contribution in [0.2, 0.25) is 0 Å². The van der Waals surface area contributed by atoms with E-state index in [0.717, 1.165) is 38.5 Å². The second kappa shape index (κ2) is 7.85. The summed E-state index contributed by atoms with van der Waals surface area (Å²) in [4.78, 5) is 0. The summed E-state index contributed by atoms with van der Waals surface area (Å²) in [6, 6.07) is 0. The van der Waals surface area contributed by atoms with Crippen LogP contribution in [-0.2, 0) is 4.74 Å². The molecule has 2 N–H and O–H groups in total. The molecule has 5 rings (SSSR count). The average molecular weight is 501 g/mol. The third-order valence-corrected chi connectivity index (χ3v) is 13.2. The van der Waals surface area contributed by atoms with E-state index in [1.807, 2.05) is 0 Å². The Morgan fingerprint density at radius 3 is 2.14 bits per heavy atom. The number of rotatable bonds is 1. The van der Waals surface area contributed by atoms with Gasteiger partial charge in [0.1, 0.15) is 0 Å². The molecule has 3 nitrogen and oxygen atoms in total. The predicted octanol–water partition coefficient (Wildman–Crippen LogP) is 7.69. The summed E-state index contributed by atoms with van der Waals surface area (Å²) in [7, 11) is 0. The van der Waals surface area contributed by atoms with Crippen molar-refractivity contribution in [3.05, 3.63) is 11.6 Å². The van der Waals surface area contributed by atoms with Crippen molar-refractivity contribution < 1.29 is 14.9 Å². The van der Waals surface area contributed by atoms with E-state index < -0.39 is 5.60 Å². The van der Waals surface area contributed by atoms with Crippen LogP contribution >= 0.6 is 0 Å². The van der Waals surface area contributed by atoms with Gasteiger partial charge < -0.3 is 14.9 Å². The Bertz CT molecular complexity index is 926. The highest BCUT2D eigenvalue weighted by Crippen LogP contribution is 2.75. The molecule has 206 valence electrons. The van der Waals surface area contributed by atoms with E-state index >= 15 is 0 Å². The first-order valence-electron chi connectivity index (χ1n) is 15.1. The van der Waals surface area contributed by atoms with Gasteiger partial charge in [-0.3, -0.25) is 0 Å². The Kier molecular flexibility index (Phi) is 5.93. The molecule has 0 bridgehead atoms. The third kappa shape index (κ3) is 3.60. The Hall–Kier alpha value is -0.380. The minimum Gasteiger partial charge on any atom is -0.393 e. The average Bonchev–Trinajstić information content (AvgIpc) is 2.71. The van der Waals surface area contributed by atoms with Crippen molar-refractivity contribution in [2.45, 2.75) is 150 Å². The largest absolute Gasteiger partial charge is 0.393 e. The van der Waals surface area contributed by atoms with Crippen LogP contribution < -0.4 is 0 Å². The zero-order valence-corrected chi connectivity index (χ0v) is 25.1. The van der Waals surface area contributed by atoms with Gasteiger partial charge >= 0.3 is 0 Å². The van der Waals surface area contributed by atoms with Gasteiger partial charge in [0.05, 0.1) is 23.4 Å². The van der Waals surface area contributed by atoms with Crippen molar-refractivity contribution in [3.63, 3.8) is 0 Å². The fourth-order valence-corrected chi connectivity index (χ4v) is 10.9. The molecule has 0 aromatic rings. The summed E-state index contributed by atoms with van der Waals surface area (Å²) < 4.78 is 6.47. The zero-order chi connectivity index (χ0) is 26.7. The first-order chi connectivity index (χ1) is 16.3.